The van der Waals surface area contributed by atoms with E-state index in [0.29, 0.717) is 30.4 Å². The first kappa shape index (κ1) is 15.2. The van der Waals surface area contributed by atoms with Crippen molar-refractivity contribution < 1.29 is 9.47 Å². The molecule has 0 radical (unpaired) electrons. The number of aromatic nitrogens is 4. The lowest BCUT2D eigenvalue weighted by molar-refractivity contribution is -0.0246. The molecule has 0 amide bonds. The molecule has 0 bridgehead atoms. The average molecular weight is 291 g/mol. The average Bonchev–Trinajstić information content (AvgIpc) is 2.85. The summed E-state index contributed by atoms with van der Waals surface area (Å²) in [6.45, 7) is 7.12. The molecule has 0 saturated heterocycles. The van der Waals surface area contributed by atoms with Crippen LogP contribution in [0.3, 0.4) is 0 Å². The molecule has 21 heavy (non-hydrogen) atoms. The van der Waals surface area contributed by atoms with E-state index in [0.717, 1.165) is 5.56 Å². The summed E-state index contributed by atoms with van der Waals surface area (Å²) in [5.41, 5.74) is 6.88. The summed E-state index contributed by atoms with van der Waals surface area (Å²) in [6.07, 6.45) is 0. The number of nitrogens with two attached hydrogens (primary N) is 1. The van der Waals surface area contributed by atoms with Crippen molar-refractivity contribution in [3.05, 3.63) is 18.2 Å². The fourth-order valence-electron chi connectivity index (χ4n) is 2.26. The van der Waals surface area contributed by atoms with Crippen LogP contribution in [0.1, 0.15) is 20.8 Å². The number of nitrogen functional groups attached to an aromatic ring is 1. The molecule has 0 unspecified atom stereocenters. The lowest BCUT2D eigenvalue weighted by Crippen LogP contribution is -2.31. The quantitative estimate of drug-likeness (QED) is 0.816. The van der Waals surface area contributed by atoms with E-state index in [1.165, 1.54) is 0 Å². The molecule has 0 aliphatic carbocycles. The van der Waals surface area contributed by atoms with Gasteiger partial charge >= 0.3 is 0 Å². The van der Waals surface area contributed by atoms with Crippen LogP contribution in [0.5, 0.6) is 5.75 Å². The fourth-order valence-corrected chi connectivity index (χ4v) is 2.26. The highest BCUT2D eigenvalue weighted by Crippen LogP contribution is 2.33. The topological polar surface area (TPSA) is 88.1 Å². The van der Waals surface area contributed by atoms with Gasteiger partial charge in [-0.3, -0.25) is 0 Å². The van der Waals surface area contributed by atoms with Crippen molar-refractivity contribution in [1.29, 1.82) is 0 Å². The first-order chi connectivity index (χ1) is 9.98. The van der Waals surface area contributed by atoms with Gasteiger partial charge in [0.05, 0.1) is 30.5 Å². The molecule has 0 aliphatic rings. The van der Waals surface area contributed by atoms with Crippen molar-refractivity contribution in [2.75, 3.05) is 19.5 Å². The molecule has 1 aromatic heterocycles. The third-order valence-electron chi connectivity index (χ3n) is 3.09. The van der Waals surface area contributed by atoms with Crippen molar-refractivity contribution in [2.24, 2.45) is 0 Å². The monoisotopic (exact) mass is 291 g/mol. The van der Waals surface area contributed by atoms with E-state index in [1.54, 1.807) is 17.9 Å². The van der Waals surface area contributed by atoms with Gasteiger partial charge in [-0.25, -0.2) is 4.68 Å². The van der Waals surface area contributed by atoms with Crippen molar-refractivity contribution in [3.63, 3.8) is 0 Å². The van der Waals surface area contributed by atoms with Crippen LogP contribution in [0.2, 0.25) is 0 Å². The van der Waals surface area contributed by atoms with Crippen LogP contribution >= 0.6 is 0 Å². The van der Waals surface area contributed by atoms with Crippen molar-refractivity contribution in [2.45, 2.75) is 32.9 Å². The minimum absolute atomic E-state index is 0.369. The van der Waals surface area contributed by atoms with E-state index in [2.05, 4.69) is 15.5 Å². The summed E-state index contributed by atoms with van der Waals surface area (Å²) < 4.78 is 12.8. The number of para-hydroxylation sites is 1. The van der Waals surface area contributed by atoms with E-state index in [-0.39, 0.29) is 5.60 Å². The zero-order valence-corrected chi connectivity index (χ0v) is 12.8. The molecular formula is C14H21N5O2. The highest BCUT2D eigenvalue weighted by Gasteiger charge is 2.23. The number of anilines is 1. The Morgan fingerprint density at radius 3 is 2.76 bits per heavy atom. The highest BCUT2D eigenvalue weighted by molar-refractivity contribution is 5.73. The molecule has 7 heteroatoms. The van der Waals surface area contributed by atoms with Crippen LogP contribution in [-0.2, 0) is 11.3 Å². The molecule has 0 aliphatic heterocycles. The van der Waals surface area contributed by atoms with Gasteiger partial charge in [0, 0.05) is 6.61 Å². The minimum Gasteiger partial charge on any atom is -0.494 e. The molecule has 0 spiro atoms. The molecule has 0 fully saturated rings. The van der Waals surface area contributed by atoms with Crippen LogP contribution in [0.15, 0.2) is 18.2 Å². The van der Waals surface area contributed by atoms with Gasteiger partial charge in [-0.1, -0.05) is 6.07 Å². The predicted octanol–water partition coefficient (Wildman–Crippen LogP) is 1.75. The van der Waals surface area contributed by atoms with Crippen LogP contribution in [0, 0.1) is 0 Å². The molecular weight excluding hydrogens is 270 g/mol. The lowest BCUT2D eigenvalue weighted by atomic mass is 10.1. The van der Waals surface area contributed by atoms with Crippen molar-refractivity contribution >= 4 is 5.69 Å². The maximum Gasteiger partial charge on any atom is 0.185 e. The SMILES string of the molecule is CCOC(C)(C)Cn1nnnc1-c1cccc(N)c1OC. The van der Waals surface area contributed by atoms with Crippen molar-refractivity contribution in [1.82, 2.24) is 20.2 Å². The predicted molar refractivity (Wildman–Crippen MR) is 79.9 cm³/mol. The van der Waals surface area contributed by atoms with Crippen molar-refractivity contribution in [3.8, 4) is 17.1 Å². The summed E-state index contributed by atoms with van der Waals surface area (Å²) in [6, 6.07) is 5.51. The van der Waals surface area contributed by atoms with E-state index >= 15 is 0 Å². The Labute approximate surface area is 124 Å². The van der Waals surface area contributed by atoms with Gasteiger partial charge in [-0.2, -0.15) is 0 Å². The number of rotatable bonds is 6. The van der Waals surface area contributed by atoms with Crippen LogP contribution in [-0.4, -0.2) is 39.5 Å². The van der Waals surface area contributed by atoms with Gasteiger partial charge in [0.1, 0.15) is 0 Å². The number of hydrogen-bond donors (Lipinski definition) is 1. The molecule has 0 atom stereocenters. The first-order valence-corrected chi connectivity index (χ1v) is 6.81. The Morgan fingerprint density at radius 2 is 2.10 bits per heavy atom. The summed E-state index contributed by atoms with van der Waals surface area (Å²) in [5.74, 6) is 1.18. The Bertz CT molecular complexity index is 609. The van der Waals surface area contributed by atoms with Gasteiger partial charge in [-0.15, -0.1) is 5.10 Å². The Balaban J connectivity index is 2.39. The standard InChI is InChI=1S/C14H21N5O2/c1-5-21-14(2,3)9-19-13(16-17-18-19)10-7-6-8-11(15)12(10)20-4/h6-8H,5,9,15H2,1-4H3. The van der Waals surface area contributed by atoms with Gasteiger partial charge in [-0.05, 0) is 43.3 Å². The number of methoxy groups -OCH3 is 1. The minimum atomic E-state index is -0.369. The second-order valence-corrected chi connectivity index (χ2v) is 5.28. The van der Waals surface area contributed by atoms with Gasteiger partial charge < -0.3 is 15.2 Å². The van der Waals surface area contributed by atoms with E-state index in [4.69, 9.17) is 15.2 Å². The Hall–Kier alpha value is -2.15. The molecule has 7 nitrogen and oxygen atoms in total. The van der Waals surface area contributed by atoms with E-state index < -0.39 is 0 Å². The Morgan fingerprint density at radius 1 is 1.33 bits per heavy atom. The third kappa shape index (κ3) is 3.30. The molecule has 2 aromatic rings. The zero-order chi connectivity index (χ0) is 15.5. The molecule has 1 heterocycles. The molecule has 0 saturated carbocycles. The van der Waals surface area contributed by atoms with E-state index in [9.17, 15) is 0 Å². The number of ether oxygens (including phenoxy) is 2. The first-order valence-electron chi connectivity index (χ1n) is 6.81. The second-order valence-electron chi connectivity index (χ2n) is 5.28. The largest absolute Gasteiger partial charge is 0.494 e. The maximum absolute atomic E-state index is 5.94. The molecule has 2 rings (SSSR count). The molecule has 2 N–H and O–H groups in total. The van der Waals surface area contributed by atoms with Gasteiger partial charge in [0.2, 0.25) is 0 Å². The van der Waals surface area contributed by atoms with E-state index in [1.807, 2.05) is 32.9 Å². The molecule has 114 valence electrons. The Kier molecular flexibility index (Phi) is 4.42. The van der Waals surface area contributed by atoms with Crippen LogP contribution in [0.4, 0.5) is 5.69 Å². The fraction of sp³-hybridized carbons (Fsp3) is 0.500. The van der Waals surface area contributed by atoms with Crippen LogP contribution in [0.25, 0.3) is 11.4 Å². The summed E-state index contributed by atoms with van der Waals surface area (Å²) in [7, 11) is 1.58. The van der Waals surface area contributed by atoms with Crippen LogP contribution < -0.4 is 10.5 Å². The second kappa shape index (κ2) is 6.09. The smallest absolute Gasteiger partial charge is 0.185 e. The summed E-state index contributed by atoms with van der Waals surface area (Å²) in [4.78, 5) is 0. The number of hydrogen-bond acceptors (Lipinski definition) is 6. The maximum atomic E-state index is 5.94. The summed E-state index contributed by atoms with van der Waals surface area (Å²) >= 11 is 0. The number of tetrazole rings is 1. The van der Waals surface area contributed by atoms with Gasteiger partial charge in [0.15, 0.2) is 11.6 Å². The lowest BCUT2D eigenvalue weighted by Gasteiger charge is -2.24. The number of nitrogens with zero attached hydrogens (tertiary/aromatic N) is 4. The number of benzene rings is 1. The molecule has 1 aromatic carbocycles. The normalized spacial score (nSPS) is 11.6. The zero-order valence-electron chi connectivity index (χ0n) is 12.8. The summed E-state index contributed by atoms with van der Waals surface area (Å²) in [5, 5.41) is 11.9. The van der Waals surface area contributed by atoms with Gasteiger partial charge in [0.25, 0.3) is 0 Å². The highest BCUT2D eigenvalue weighted by atomic mass is 16.5. The third-order valence-corrected chi connectivity index (χ3v) is 3.09.